The number of hydrogen-bond acceptors (Lipinski definition) is 5. The van der Waals surface area contributed by atoms with Gasteiger partial charge in [0.25, 0.3) is 0 Å². The number of ether oxygens (including phenoxy) is 3. The van der Waals surface area contributed by atoms with Crippen molar-refractivity contribution in [1.82, 2.24) is 4.90 Å². The molecule has 2 unspecified atom stereocenters. The highest BCUT2D eigenvalue weighted by Gasteiger charge is 2.45. The first-order valence-corrected chi connectivity index (χ1v) is 7.99. The third kappa shape index (κ3) is 2.95. The van der Waals surface area contributed by atoms with Crippen molar-refractivity contribution < 1.29 is 24.1 Å². The number of nitrogens with zero attached hydrogens (tertiary/aromatic N) is 1. The number of likely N-dealkylation sites (N-methyl/N-ethyl adjacent to an activating group) is 1. The van der Waals surface area contributed by atoms with Gasteiger partial charge in [-0.15, -0.1) is 0 Å². The number of aliphatic carboxylic acids is 1. The Kier molecular flexibility index (Phi) is 4.49. The van der Waals surface area contributed by atoms with E-state index in [-0.39, 0.29) is 11.8 Å². The van der Waals surface area contributed by atoms with E-state index in [9.17, 15) is 9.90 Å². The zero-order valence-electron chi connectivity index (χ0n) is 12.6. The summed E-state index contributed by atoms with van der Waals surface area (Å²) in [4.78, 5) is 13.7. The van der Waals surface area contributed by atoms with Gasteiger partial charge in [-0.05, 0) is 19.4 Å². The van der Waals surface area contributed by atoms with Gasteiger partial charge in [-0.1, -0.05) is 6.92 Å². The van der Waals surface area contributed by atoms with Crippen LogP contribution in [0.1, 0.15) is 32.6 Å². The molecule has 120 valence electrons. The summed E-state index contributed by atoms with van der Waals surface area (Å²) >= 11 is 0. The van der Waals surface area contributed by atoms with Gasteiger partial charge in [0, 0.05) is 24.9 Å². The van der Waals surface area contributed by atoms with Gasteiger partial charge in [0.1, 0.15) is 0 Å². The average Bonchev–Trinajstić information content (AvgIpc) is 3.12. The normalized spacial score (nSPS) is 33.0. The lowest BCUT2D eigenvalue weighted by atomic mass is 9.87. The monoisotopic (exact) mass is 299 g/mol. The largest absolute Gasteiger partial charge is 0.481 e. The fraction of sp³-hybridized carbons (Fsp3) is 0.933. The number of rotatable bonds is 4. The van der Waals surface area contributed by atoms with Gasteiger partial charge in [0.15, 0.2) is 5.79 Å². The summed E-state index contributed by atoms with van der Waals surface area (Å²) in [5.74, 6) is -1.50. The summed E-state index contributed by atoms with van der Waals surface area (Å²) in [6.45, 7) is 5.21. The molecule has 0 radical (unpaired) electrons. The zero-order chi connectivity index (χ0) is 14.9. The zero-order valence-corrected chi connectivity index (χ0v) is 12.6. The summed E-state index contributed by atoms with van der Waals surface area (Å²) in [5, 5.41) is 9.35. The minimum absolute atomic E-state index is 0.00281. The van der Waals surface area contributed by atoms with Crippen LogP contribution in [0, 0.1) is 5.92 Å². The molecule has 2 atom stereocenters. The SMILES string of the molecule is CCN(C1CCC2(CC1)OCCO2)C1COCC1C(=O)O. The van der Waals surface area contributed by atoms with Gasteiger partial charge in [-0.2, -0.15) is 0 Å². The second kappa shape index (κ2) is 6.20. The van der Waals surface area contributed by atoms with Gasteiger partial charge < -0.3 is 19.3 Å². The molecule has 3 rings (SSSR count). The molecule has 0 amide bonds. The molecule has 21 heavy (non-hydrogen) atoms. The third-order valence-corrected chi connectivity index (χ3v) is 5.16. The molecule has 3 fully saturated rings. The van der Waals surface area contributed by atoms with Crippen LogP contribution in [0.25, 0.3) is 0 Å². The first-order valence-electron chi connectivity index (χ1n) is 7.99. The second-order valence-electron chi connectivity index (χ2n) is 6.22. The van der Waals surface area contributed by atoms with Gasteiger partial charge in [-0.3, -0.25) is 9.69 Å². The van der Waals surface area contributed by atoms with Crippen LogP contribution in [0.2, 0.25) is 0 Å². The van der Waals surface area contributed by atoms with E-state index in [0.29, 0.717) is 32.5 Å². The molecule has 2 heterocycles. The number of carbonyl (C=O) groups is 1. The summed E-state index contributed by atoms with van der Waals surface area (Å²) in [6, 6.07) is 0.402. The van der Waals surface area contributed by atoms with Crippen LogP contribution >= 0.6 is 0 Å². The predicted molar refractivity (Wildman–Crippen MR) is 75.0 cm³/mol. The van der Waals surface area contributed by atoms with Gasteiger partial charge in [0.2, 0.25) is 0 Å². The molecule has 6 nitrogen and oxygen atoms in total. The second-order valence-corrected chi connectivity index (χ2v) is 6.22. The average molecular weight is 299 g/mol. The smallest absolute Gasteiger partial charge is 0.310 e. The van der Waals surface area contributed by atoms with E-state index in [1.807, 2.05) is 0 Å². The Morgan fingerprint density at radius 1 is 1.24 bits per heavy atom. The molecule has 2 aliphatic heterocycles. The van der Waals surface area contributed by atoms with Crippen molar-refractivity contribution in [3.05, 3.63) is 0 Å². The lowest BCUT2D eigenvalue weighted by Gasteiger charge is -2.42. The maximum Gasteiger partial charge on any atom is 0.310 e. The Balaban J connectivity index is 1.63. The molecule has 0 aromatic carbocycles. The highest BCUT2D eigenvalue weighted by molar-refractivity contribution is 5.71. The summed E-state index contributed by atoms with van der Waals surface area (Å²) in [5.41, 5.74) is 0. The molecular formula is C15H25NO5. The van der Waals surface area contributed by atoms with E-state index in [1.165, 1.54) is 0 Å². The summed E-state index contributed by atoms with van der Waals surface area (Å²) < 4.78 is 17.0. The van der Waals surface area contributed by atoms with E-state index in [4.69, 9.17) is 14.2 Å². The van der Waals surface area contributed by atoms with E-state index in [0.717, 1.165) is 32.2 Å². The van der Waals surface area contributed by atoms with E-state index in [2.05, 4.69) is 11.8 Å². The maximum atomic E-state index is 11.4. The van der Waals surface area contributed by atoms with Crippen molar-refractivity contribution >= 4 is 5.97 Å². The standard InChI is InChI=1S/C15H25NO5/c1-2-16(13-10-19-9-12(13)14(17)18)11-3-5-15(6-4-11)20-7-8-21-15/h11-13H,2-10H2,1H3,(H,17,18). The quantitative estimate of drug-likeness (QED) is 0.838. The highest BCUT2D eigenvalue weighted by atomic mass is 16.7. The molecule has 1 aliphatic carbocycles. The van der Waals surface area contributed by atoms with E-state index in [1.54, 1.807) is 0 Å². The lowest BCUT2D eigenvalue weighted by molar-refractivity contribution is -0.185. The summed E-state index contributed by atoms with van der Waals surface area (Å²) in [7, 11) is 0. The van der Waals surface area contributed by atoms with Crippen LogP contribution in [0.5, 0.6) is 0 Å². The Morgan fingerprint density at radius 3 is 2.48 bits per heavy atom. The van der Waals surface area contributed by atoms with E-state index >= 15 is 0 Å². The molecule has 0 aromatic rings. The van der Waals surface area contributed by atoms with Crippen molar-refractivity contribution in [3.63, 3.8) is 0 Å². The number of hydrogen-bond donors (Lipinski definition) is 1. The Labute approximate surface area is 125 Å². The number of carboxylic acid groups (broad SMARTS) is 1. The molecule has 1 spiro atoms. The Bertz CT molecular complexity index is 372. The van der Waals surface area contributed by atoms with Crippen LogP contribution in [0.15, 0.2) is 0 Å². The number of carboxylic acids is 1. The van der Waals surface area contributed by atoms with Crippen molar-refractivity contribution in [2.45, 2.75) is 50.5 Å². The molecule has 3 aliphatic rings. The van der Waals surface area contributed by atoms with Crippen molar-refractivity contribution in [1.29, 1.82) is 0 Å². The maximum absolute atomic E-state index is 11.4. The lowest BCUT2D eigenvalue weighted by Crippen LogP contribution is -2.51. The predicted octanol–water partition coefficient (Wildman–Crippen LogP) is 1.09. The first kappa shape index (κ1) is 15.2. The highest BCUT2D eigenvalue weighted by Crippen LogP contribution is 2.38. The summed E-state index contributed by atoms with van der Waals surface area (Å²) in [6.07, 6.45) is 3.80. The van der Waals surface area contributed by atoms with Crippen LogP contribution in [-0.4, -0.2) is 66.8 Å². The fourth-order valence-corrected chi connectivity index (χ4v) is 4.03. The molecular weight excluding hydrogens is 274 g/mol. The molecule has 6 heteroatoms. The molecule has 0 aromatic heterocycles. The van der Waals surface area contributed by atoms with Crippen molar-refractivity contribution in [3.8, 4) is 0 Å². The molecule has 1 N–H and O–H groups in total. The first-order chi connectivity index (χ1) is 10.2. The van der Waals surface area contributed by atoms with Crippen LogP contribution in [0.4, 0.5) is 0 Å². The minimum atomic E-state index is -0.745. The minimum Gasteiger partial charge on any atom is -0.481 e. The molecule has 2 saturated heterocycles. The fourth-order valence-electron chi connectivity index (χ4n) is 4.03. The molecule has 0 bridgehead atoms. The topological polar surface area (TPSA) is 68.2 Å². The van der Waals surface area contributed by atoms with Crippen molar-refractivity contribution in [2.75, 3.05) is 33.0 Å². The van der Waals surface area contributed by atoms with Crippen LogP contribution < -0.4 is 0 Å². The van der Waals surface area contributed by atoms with Crippen LogP contribution in [0.3, 0.4) is 0 Å². The third-order valence-electron chi connectivity index (χ3n) is 5.16. The Hall–Kier alpha value is -0.690. The van der Waals surface area contributed by atoms with E-state index < -0.39 is 11.9 Å². The Morgan fingerprint density at radius 2 is 1.90 bits per heavy atom. The van der Waals surface area contributed by atoms with Gasteiger partial charge in [-0.25, -0.2) is 0 Å². The van der Waals surface area contributed by atoms with Gasteiger partial charge >= 0.3 is 5.97 Å². The van der Waals surface area contributed by atoms with Crippen molar-refractivity contribution in [2.24, 2.45) is 5.92 Å². The molecule has 1 saturated carbocycles. The van der Waals surface area contributed by atoms with Gasteiger partial charge in [0.05, 0.1) is 32.3 Å². The van der Waals surface area contributed by atoms with Crippen LogP contribution in [-0.2, 0) is 19.0 Å².